The summed E-state index contributed by atoms with van der Waals surface area (Å²) in [6.07, 6.45) is 6.41. The van der Waals surface area contributed by atoms with E-state index in [-0.39, 0.29) is 0 Å². The van der Waals surface area contributed by atoms with E-state index in [9.17, 15) is 0 Å². The molecule has 3 heterocycles. The predicted molar refractivity (Wildman–Crippen MR) is 98.9 cm³/mol. The van der Waals surface area contributed by atoms with Crippen molar-refractivity contribution >= 4 is 17.3 Å². The number of guanidine groups is 1. The number of rotatable bonds is 4. The van der Waals surface area contributed by atoms with Crippen molar-refractivity contribution in [1.82, 2.24) is 9.80 Å². The molecular weight excluding hydrogens is 304 g/mol. The van der Waals surface area contributed by atoms with Crippen molar-refractivity contribution in [1.29, 1.82) is 0 Å². The first-order valence-corrected chi connectivity index (χ1v) is 9.94. The lowest BCUT2D eigenvalue weighted by Gasteiger charge is -2.36. The molecular formula is C18H30N4S. The number of hydrogen-bond acceptors (Lipinski definition) is 3. The van der Waals surface area contributed by atoms with Crippen LogP contribution in [-0.4, -0.2) is 48.5 Å². The Morgan fingerprint density at radius 2 is 2.00 bits per heavy atom. The fraction of sp³-hybridized carbons (Fsp3) is 0.722. The maximum absolute atomic E-state index is 6.26. The molecule has 128 valence electrons. The molecule has 0 aromatic carbocycles. The van der Waals surface area contributed by atoms with Crippen molar-refractivity contribution in [3.63, 3.8) is 0 Å². The van der Waals surface area contributed by atoms with E-state index in [1.807, 2.05) is 11.3 Å². The van der Waals surface area contributed by atoms with Gasteiger partial charge in [-0.1, -0.05) is 13.0 Å². The van der Waals surface area contributed by atoms with E-state index < -0.39 is 0 Å². The van der Waals surface area contributed by atoms with Crippen LogP contribution in [0.1, 0.15) is 49.9 Å². The number of hydrogen-bond donors (Lipinski definition) is 1. The molecule has 2 aliphatic heterocycles. The standard InChI is InChI=1S/C18H30N4S/c1-15-7-11-21(12-8-15)16(17-6-5-13-23-17)14-20-18(19)22-9-3-2-4-10-22/h5-6,13,15-16H,2-4,7-12,14H2,1H3,(H2,19,20). The topological polar surface area (TPSA) is 44.9 Å². The summed E-state index contributed by atoms with van der Waals surface area (Å²) in [5.74, 6) is 1.61. The average Bonchev–Trinajstić information content (AvgIpc) is 3.11. The summed E-state index contributed by atoms with van der Waals surface area (Å²) < 4.78 is 0. The van der Waals surface area contributed by atoms with Crippen molar-refractivity contribution in [2.24, 2.45) is 16.6 Å². The van der Waals surface area contributed by atoms with E-state index in [4.69, 9.17) is 10.7 Å². The molecule has 1 unspecified atom stereocenters. The highest BCUT2D eigenvalue weighted by Crippen LogP contribution is 2.29. The number of aliphatic imine (C=N–C) groups is 1. The van der Waals surface area contributed by atoms with Crippen molar-refractivity contribution in [2.45, 2.75) is 45.1 Å². The van der Waals surface area contributed by atoms with Crippen LogP contribution in [0.5, 0.6) is 0 Å². The minimum absolute atomic E-state index is 0.394. The second-order valence-corrected chi connectivity index (χ2v) is 7.98. The smallest absolute Gasteiger partial charge is 0.191 e. The summed E-state index contributed by atoms with van der Waals surface area (Å²) in [6.45, 7) is 7.66. The molecule has 2 N–H and O–H groups in total. The molecule has 0 amide bonds. The van der Waals surface area contributed by atoms with Crippen LogP contribution in [-0.2, 0) is 0 Å². The van der Waals surface area contributed by atoms with Crippen LogP contribution in [0, 0.1) is 5.92 Å². The van der Waals surface area contributed by atoms with Gasteiger partial charge in [0.25, 0.3) is 0 Å². The van der Waals surface area contributed by atoms with Crippen molar-refractivity contribution < 1.29 is 0 Å². The molecule has 5 heteroatoms. The Morgan fingerprint density at radius 3 is 2.65 bits per heavy atom. The van der Waals surface area contributed by atoms with Crippen LogP contribution >= 0.6 is 11.3 Å². The van der Waals surface area contributed by atoms with E-state index in [1.165, 1.54) is 50.1 Å². The molecule has 1 aromatic heterocycles. The maximum atomic E-state index is 6.26. The fourth-order valence-electron chi connectivity index (χ4n) is 3.61. The van der Waals surface area contributed by atoms with Gasteiger partial charge in [0.2, 0.25) is 0 Å². The van der Waals surface area contributed by atoms with Crippen LogP contribution < -0.4 is 5.73 Å². The summed E-state index contributed by atoms with van der Waals surface area (Å²) in [4.78, 5) is 11.1. The molecule has 23 heavy (non-hydrogen) atoms. The molecule has 0 spiro atoms. The number of thiophene rings is 1. The first-order valence-electron chi connectivity index (χ1n) is 9.06. The van der Waals surface area contributed by atoms with Gasteiger partial charge in [-0.3, -0.25) is 9.89 Å². The average molecular weight is 335 g/mol. The molecule has 0 aliphatic carbocycles. The van der Waals surface area contributed by atoms with Crippen LogP contribution in [0.25, 0.3) is 0 Å². The highest BCUT2D eigenvalue weighted by atomic mass is 32.1. The van der Waals surface area contributed by atoms with Gasteiger partial charge in [-0.05, 0) is 62.6 Å². The minimum Gasteiger partial charge on any atom is -0.370 e. The summed E-state index contributed by atoms with van der Waals surface area (Å²) >= 11 is 1.85. The summed E-state index contributed by atoms with van der Waals surface area (Å²) in [6, 6.07) is 4.79. The Bertz CT molecular complexity index is 485. The molecule has 4 nitrogen and oxygen atoms in total. The van der Waals surface area contributed by atoms with Crippen molar-refractivity contribution in [2.75, 3.05) is 32.7 Å². The molecule has 2 fully saturated rings. The maximum Gasteiger partial charge on any atom is 0.191 e. The predicted octanol–water partition coefficient (Wildman–Crippen LogP) is 3.32. The SMILES string of the molecule is CC1CCN(C(CN=C(N)N2CCCCC2)c2cccs2)CC1. The molecule has 0 radical (unpaired) electrons. The van der Waals surface area contributed by atoms with Crippen LogP contribution in [0.4, 0.5) is 0 Å². The molecule has 1 atom stereocenters. The van der Waals surface area contributed by atoms with Crippen molar-refractivity contribution in [3.05, 3.63) is 22.4 Å². The lowest BCUT2D eigenvalue weighted by molar-refractivity contribution is 0.143. The third-order valence-electron chi connectivity index (χ3n) is 5.24. The molecule has 2 saturated heterocycles. The number of likely N-dealkylation sites (tertiary alicyclic amines) is 2. The van der Waals surface area contributed by atoms with Gasteiger partial charge in [-0.2, -0.15) is 0 Å². The Labute approximate surface area is 144 Å². The quantitative estimate of drug-likeness (QED) is 0.678. The molecule has 1 aromatic rings. The summed E-state index contributed by atoms with van der Waals surface area (Å²) in [5, 5.41) is 2.17. The van der Waals surface area contributed by atoms with E-state index in [0.717, 1.165) is 31.5 Å². The zero-order chi connectivity index (χ0) is 16.1. The molecule has 0 saturated carbocycles. The second-order valence-electron chi connectivity index (χ2n) is 7.00. The lowest BCUT2D eigenvalue weighted by Crippen LogP contribution is -2.42. The first kappa shape index (κ1) is 16.8. The fourth-order valence-corrected chi connectivity index (χ4v) is 4.46. The Hall–Kier alpha value is -1.07. The number of piperidine rings is 2. The highest BCUT2D eigenvalue weighted by Gasteiger charge is 2.25. The van der Waals surface area contributed by atoms with E-state index in [1.54, 1.807) is 0 Å². The number of nitrogens with zero attached hydrogens (tertiary/aromatic N) is 3. The van der Waals surface area contributed by atoms with Gasteiger partial charge in [0.05, 0.1) is 12.6 Å². The van der Waals surface area contributed by atoms with Gasteiger partial charge in [-0.15, -0.1) is 11.3 Å². The Balaban J connectivity index is 1.66. The van der Waals surface area contributed by atoms with E-state index in [0.29, 0.717) is 6.04 Å². The second kappa shape index (κ2) is 8.15. The third kappa shape index (κ3) is 4.48. The van der Waals surface area contributed by atoms with Crippen LogP contribution in [0.3, 0.4) is 0 Å². The number of nitrogens with two attached hydrogens (primary N) is 1. The zero-order valence-corrected chi connectivity index (χ0v) is 15.1. The minimum atomic E-state index is 0.394. The van der Waals surface area contributed by atoms with E-state index in [2.05, 4.69) is 34.2 Å². The van der Waals surface area contributed by atoms with Crippen molar-refractivity contribution in [3.8, 4) is 0 Å². The van der Waals surface area contributed by atoms with Crippen LogP contribution in [0.15, 0.2) is 22.5 Å². The lowest BCUT2D eigenvalue weighted by atomic mass is 9.97. The Morgan fingerprint density at radius 1 is 1.26 bits per heavy atom. The van der Waals surface area contributed by atoms with Gasteiger partial charge < -0.3 is 10.6 Å². The Kier molecular flexibility index (Phi) is 5.95. The van der Waals surface area contributed by atoms with Crippen LogP contribution in [0.2, 0.25) is 0 Å². The molecule has 0 bridgehead atoms. The summed E-state index contributed by atoms with van der Waals surface area (Å²) in [5.41, 5.74) is 6.26. The van der Waals surface area contributed by atoms with Gasteiger partial charge in [0.15, 0.2) is 5.96 Å². The van der Waals surface area contributed by atoms with Gasteiger partial charge >= 0.3 is 0 Å². The zero-order valence-electron chi connectivity index (χ0n) is 14.3. The first-order chi connectivity index (χ1) is 11.2. The molecule has 3 rings (SSSR count). The van der Waals surface area contributed by atoms with Gasteiger partial charge in [-0.25, -0.2) is 0 Å². The normalized spacial score (nSPS) is 23.2. The largest absolute Gasteiger partial charge is 0.370 e. The summed E-state index contributed by atoms with van der Waals surface area (Å²) in [7, 11) is 0. The van der Waals surface area contributed by atoms with Gasteiger partial charge in [0.1, 0.15) is 0 Å². The highest BCUT2D eigenvalue weighted by molar-refractivity contribution is 7.10. The third-order valence-corrected chi connectivity index (χ3v) is 6.21. The molecule has 2 aliphatic rings. The van der Waals surface area contributed by atoms with E-state index >= 15 is 0 Å². The van der Waals surface area contributed by atoms with Gasteiger partial charge in [0, 0.05) is 18.0 Å². The monoisotopic (exact) mass is 334 g/mol.